The minimum absolute atomic E-state index is 0.0587. The molecule has 0 radical (unpaired) electrons. The van der Waals surface area contributed by atoms with E-state index in [-0.39, 0.29) is 12.1 Å². The second-order valence-corrected chi connectivity index (χ2v) is 6.30. The van der Waals surface area contributed by atoms with Crippen LogP contribution in [0, 0.1) is 0 Å². The van der Waals surface area contributed by atoms with Crippen molar-refractivity contribution in [2.45, 2.75) is 63.7 Å². The molecule has 106 valence electrons. The van der Waals surface area contributed by atoms with Gasteiger partial charge < -0.3 is 15.2 Å². The van der Waals surface area contributed by atoms with Crippen molar-refractivity contribution in [1.29, 1.82) is 0 Å². The molecule has 2 rings (SSSR count). The van der Waals surface area contributed by atoms with Crippen LogP contribution in [0.1, 0.15) is 40.0 Å². The summed E-state index contributed by atoms with van der Waals surface area (Å²) in [7, 11) is 0. The first-order valence-corrected chi connectivity index (χ1v) is 7.28. The normalized spacial score (nSPS) is 38.5. The third-order valence-electron chi connectivity index (χ3n) is 4.37. The highest BCUT2D eigenvalue weighted by atomic mass is 16.5. The van der Waals surface area contributed by atoms with Gasteiger partial charge in [0.25, 0.3) is 0 Å². The van der Waals surface area contributed by atoms with Crippen molar-refractivity contribution in [2.75, 3.05) is 26.4 Å². The molecule has 0 spiro atoms. The number of aliphatic hydroxyl groups is 1. The number of hydrogen-bond acceptors (Lipinski definition) is 4. The van der Waals surface area contributed by atoms with Gasteiger partial charge in [0.05, 0.1) is 19.8 Å². The fourth-order valence-electron chi connectivity index (χ4n) is 3.60. The summed E-state index contributed by atoms with van der Waals surface area (Å²) in [5.74, 6) is 0. The van der Waals surface area contributed by atoms with Crippen LogP contribution < -0.4 is 5.32 Å². The Labute approximate surface area is 111 Å². The van der Waals surface area contributed by atoms with E-state index in [9.17, 15) is 5.11 Å². The molecule has 0 aromatic carbocycles. The molecule has 0 aromatic rings. The highest BCUT2D eigenvalue weighted by molar-refractivity contribution is 5.01. The predicted molar refractivity (Wildman–Crippen MR) is 72.7 cm³/mol. The average Bonchev–Trinajstić information content (AvgIpc) is 2.73. The van der Waals surface area contributed by atoms with Gasteiger partial charge >= 0.3 is 0 Å². The monoisotopic (exact) mass is 256 g/mol. The average molecular weight is 256 g/mol. The summed E-state index contributed by atoms with van der Waals surface area (Å²) in [6, 6.07) is 1.54. The minimum Gasteiger partial charge on any atom is -0.394 e. The first-order valence-electron chi connectivity index (χ1n) is 7.28. The molecule has 2 fully saturated rings. The lowest BCUT2D eigenvalue weighted by atomic mass is 9.97. The van der Waals surface area contributed by atoms with Crippen LogP contribution in [-0.4, -0.2) is 60.0 Å². The molecule has 0 aromatic heterocycles. The van der Waals surface area contributed by atoms with Crippen LogP contribution in [0.3, 0.4) is 0 Å². The number of nitrogens with zero attached hydrogens (tertiary/aromatic N) is 1. The molecule has 0 amide bonds. The Hall–Kier alpha value is -0.160. The Morgan fingerprint density at radius 3 is 2.89 bits per heavy atom. The quantitative estimate of drug-likeness (QED) is 0.787. The first kappa shape index (κ1) is 14.3. The maximum atomic E-state index is 9.74. The van der Waals surface area contributed by atoms with Crippen LogP contribution in [-0.2, 0) is 4.74 Å². The van der Waals surface area contributed by atoms with Crippen LogP contribution in [0.15, 0.2) is 0 Å². The number of hydrogen-bond donors (Lipinski definition) is 2. The summed E-state index contributed by atoms with van der Waals surface area (Å²) >= 11 is 0. The van der Waals surface area contributed by atoms with Gasteiger partial charge in [-0.15, -0.1) is 0 Å². The van der Waals surface area contributed by atoms with E-state index in [0.717, 1.165) is 32.6 Å². The van der Waals surface area contributed by atoms with Gasteiger partial charge in [-0.3, -0.25) is 4.90 Å². The number of rotatable bonds is 4. The summed E-state index contributed by atoms with van der Waals surface area (Å²) in [6.45, 7) is 9.54. The third kappa shape index (κ3) is 3.05. The molecule has 1 heterocycles. The molecule has 2 aliphatic rings. The molecule has 0 bridgehead atoms. The largest absolute Gasteiger partial charge is 0.394 e. The van der Waals surface area contributed by atoms with Gasteiger partial charge in [-0.2, -0.15) is 0 Å². The van der Waals surface area contributed by atoms with E-state index >= 15 is 0 Å². The summed E-state index contributed by atoms with van der Waals surface area (Å²) in [4.78, 5) is 2.57. The van der Waals surface area contributed by atoms with E-state index in [1.165, 1.54) is 6.42 Å². The van der Waals surface area contributed by atoms with Crippen LogP contribution in [0.2, 0.25) is 0 Å². The number of morpholine rings is 1. The lowest BCUT2D eigenvalue weighted by Crippen LogP contribution is -2.53. The topological polar surface area (TPSA) is 44.7 Å². The fraction of sp³-hybridized carbons (Fsp3) is 1.00. The maximum absolute atomic E-state index is 9.74. The molecule has 3 atom stereocenters. The van der Waals surface area contributed by atoms with Gasteiger partial charge in [-0.25, -0.2) is 0 Å². The highest BCUT2D eigenvalue weighted by Crippen LogP contribution is 2.34. The molecule has 2 N–H and O–H groups in total. The van der Waals surface area contributed by atoms with Crippen molar-refractivity contribution in [2.24, 2.45) is 0 Å². The van der Waals surface area contributed by atoms with E-state index in [2.05, 4.69) is 31.0 Å². The smallest absolute Gasteiger partial charge is 0.0619 e. The molecular formula is C14H28N2O2. The Balaban J connectivity index is 1.97. The van der Waals surface area contributed by atoms with Crippen LogP contribution in [0.25, 0.3) is 0 Å². The van der Waals surface area contributed by atoms with Gasteiger partial charge in [0.15, 0.2) is 0 Å². The molecule has 1 saturated heterocycles. The SMILES string of the molecule is CC(C)NC1(CO)CCC(N2CCOCC2C)C1. The number of ether oxygens (including phenoxy) is 1. The Kier molecular flexibility index (Phi) is 4.64. The Bertz CT molecular complexity index is 273. The minimum atomic E-state index is -0.0587. The van der Waals surface area contributed by atoms with Crippen molar-refractivity contribution in [3.05, 3.63) is 0 Å². The summed E-state index contributed by atoms with van der Waals surface area (Å²) < 4.78 is 5.51. The van der Waals surface area contributed by atoms with Gasteiger partial charge in [-0.05, 0) is 26.2 Å². The molecular weight excluding hydrogens is 228 g/mol. The maximum Gasteiger partial charge on any atom is 0.0619 e. The van der Waals surface area contributed by atoms with Gasteiger partial charge in [0, 0.05) is 30.2 Å². The summed E-state index contributed by atoms with van der Waals surface area (Å²) in [6.07, 6.45) is 3.33. The molecule has 1 aliphatic heterocycles. The number of aliphatic hydroxyl groups excluding tert-OH is 1. The predicted octanol–water partition coefficient (Wildman–Crippen LogP) is 0.989. The summed E-state index contributed by atoms with van der Waals surface area (Å²) in [5, 5.41) is 13.3. The Morgan fingerprint density at radius 2 is 2.28 bits per heavy atom. The summed E-state index contributed by atoms with van der Waals surface area (Å²) in [5.41, 5.74) is -0.0587. The van der Waals surface area contributed by atoms with Crippen molar-refractivity contribution in [3.8, 4) is 0 Å². The van der Waals surface area contributed by atoms with Crippen molar-refractivity contribution in [3.63, 3.8) is 0 Å². The lowest BCUT2D eigenvalue weighted by molar-refractivity contribution is -0.0229. The fourth-order valence-corrected chi connectivity index (χ4v) is 3.60. The highest BCUT2D eigenvalue weighted by Gasteiger charge is 2.42. The van der Waals surface area contributed by atoms with E-state index in [0.29, 0.717) is 18.1 Å². The third-order valence-corrected chi connectivity index (χ3v) is 4.37. The van der Waals surface area contributed by atoms with Gasteiger partial charge in [0.2, 0.25) is 0 Å². The first-order chi connectivity index (χ1) is 8.56. The zero-order chi connectivity index (χ0) is 13.2. The lowest BCUT2D eigenvalue weighted by Gasteiger charge is -2.39. The molecule has 4 nitrogen and oxygen atoms in total. The van der Waals surface area contributed by atoms with E-state index in [1.54, 1.807) is 0 Å². The van der Waals surface area contributed by atoms with Crippen molar-refractivity contribution in [1.82, 2.24) is 10.2 Å². The van der Waals surface area contributed by atoms with Crippen LogP contribution in [0.5, 0.6) is 0 Å². The molecule has 3 unspecified atom stereocenters. The zero-order valence-corrected chi connectivity index (χ0v) is 12.0. The molecule has 18 heavy (non-hydrogen) atoms. The van der Waals surface area contributed by atoms with E-state index < -0.39 is 0 Å². The van der Waals surface area contributed by atoms with Crippen molar-refractivity contribution < 1.29 is 9.84 Å². The molecule has 1 saturated carbocycles. The molecule has 1 aliphatic carbocycles. The second kappa shape index (κ2) is 5.87. The number of nitrogens with one attached hydrogen (secondary N) is 1. The zero-order valence-electron chi connectivity index (χ0n) is 12.0. The standard InChI is InChI=1S/C14H28N2O2/c1-11(2)15-14(10-17)5-4-13(8-14)16-6-7-18-9-12(16)3/h11-13,15,17H,4-10H2,1-3H3. The molecule has 4 heteroatoms. The van der Waals surface area contributed by atoms with Crippen LogP contribution >= 0.6 is 0 Å². The van der Waals surface area contributed by atoms with Crippen LogP contribution in [0.4, 0.5) is 0 Å². The van der Waals surface area contributed by atoms with E-state index in [1.807, 2.05) is 0 Å². The Morgan fingerprint density at radius 1 is 1.50 bits per heavy atom. The van der Waals surface area contributed by atoms with Crippen molar-refractivity contribution >= 4 is 0 Å². The second-order valence-electron chi connectivity index (χ2n) is 6.30. The van der Waals surface area contributed by atoms with Gasteiger partial charge in [0.1, 0.15) is 0 Å². The van der Waals surface area contributed by atoms with E-state index in [4.69, 9.17) is 4.74 Å². The van der Waals surface area contributed by atoms with Gasteiger partial charge in [-0.1, -0.05) is 13.8 Å².